The zero-order chi connectivity index (χ0) is 13.0. The van der Waals surface area contributed by atoms with Crippen molar-refractivity contribution in [2.45, 2.75) is 0 Å². The zero-order valence-electron chi connectivity index (χ0n) is 9.48. The lowest BCUT2D eigenvalue weighted by atomic mass is 10.2. The van der Waals surface area contributed by atoms with Crippen LogP contribution in [0.15, 0.2) is 48.5 Å². The molecule has 0 saturated heterocycles. The maximum atomic E-state index is 11.7. The molecular weight excluding hydrogens is 250 g/mol. The van der Waals surface area contributed by atoms with Crippen molar-refractivity contribution in [1.82, 2.24) is 0 Å². The predicted octanol–water partition coefficient (Wildman–Crippen LogP) is 3.57. The van der Waals surface area contributed by atoms with Crippen molar-refractivity contribution in [2.24, 2.45) is 0 Å². The number of rotatable bonds is 2. The molecule has 0 saturated carbocycles. The molecule has 2 aromatic rings. The molecule has 2 amide bonds. The first-order valence-electron chi connectivity index (χ1n) is 5.33. The van der Waals surface area contributed by atoms with Crippen LogP contribution in [0.25, 0.3) is 0 Å². The molecule has 0 bridgehead atoms. The number of halogens is 1. The number of para-hydroxylation sites is 1. The quantitative estimate of drug-likeness (QED) is 0.724. The Morgan fingerprint density at radius 2 is 1.78 bits per heavy atom. The van der Waals surface area contributed by atoms with Gasteiger partial charge in [0.1, 0.15) is 0 Å². The molecule has 0 aliphatic carbocycles. The monoisotopic (exact) mass is 261 g/mol. The zero-order valence-corrected chi connectivity index (χ0v) is 10.2. The van der Waals surface area contributed by atoms with E-state index in [2.05, 4.69) is 10.6 Å². The number of hydrogen-bond donors (Lipinski definition) is 3. The van der Waals surface area contributed by atoms with Crippen LogP contribution in [0.1, 0.15) is 0 Å². The molecule has 2 rings (SSSR count). The summed E-state index contributed by atoms with van der Waals surface area (Å²) in [5, 5.41) is 5.88. The molecular formula is C13H12ClN3O. The first-order valence-corrected chi connectivity index (χ1v) is 5.71. The smallest absolute Gasteiger partial charge is 0.323 e. The highest BCUT2D eigenvalue weighted by atomic mass is 35.5. The lowest BCUT2D eigenvalue weighted by Crippen LogP contribution is -2.20. The van der Waals surface area contributed by atoms with Crippen LogP contribution in [0.5, 0.6) is 0 Å². The lowest BCUT2D eigenvalue weighted by molar-refractivity contribution is 0.262. The Morgan fingerprint density at radius 3 is 2.44 bits per heavy atom. The van der Waals surface area contributed by atoms with Gasteiger partial charge in [0.2, 0.25) is 0 Å². The van der Waals surface area contributed by atoms with Gasteiger partial charge in [-0.3, -0.25) is 0 Å². The molecule has 0 unspecified atom stereocenters. The van der Waals surface area contributed by atoms with Crippen molar-refractivity contribution in [1.29, 1.82) is 0 Å². The third kappa shape index (κ3) is 3.15. The standard InChI is InChI=1S/C13H12ClN3O/c14-9-6-7-12(11(15)8-9)17-13(18)16-10-4-2-1-3-5-10/h1-8H,15H2,(H2,16,17,18). The molecule has 2 aromatic carbocycles. The fourth-order valence-corrected chi connectivity index (χ4v) is 1.63. The normalized spacial score (nSPS) is 9.83. The van der Waals surface area contributed by atoms with E-state index in [1.165, 1.54) is 0 Å². The summed E-state index contributed by atoms with van der Waals surface area (Å²) in [4.78, 5) is 11.7. The number of nitrogens with two attached hydrogens (primary N) is 1. The van der Waals surface area contributed by atoms with E-state index in [0.29, 0.717) is 22.1 Å². The first kappa shape index (κ1) is 12.3. The minimum absolute atomic E-state index is 0.352. The van der Waals surface area contributed by atoms with Gasteiger partial charge in [0, 0.05) is 10.7 Å². The minimum atomic E-state index is -0.352. The van der Waals surface area contributed by atoms with Crippen molar-refractivity contribution < 1.29 is 4.79 Å². The number of anilines is 3. The summed E-state index contributed by atoms with van der Waals surface area (Å²) in [5.74, 6) is 0. The molecule has 0 radical (unpaired) electrons. The Labute approximate surface area is 110 Å². The van der Waals surface area contributed by atoms with Crippen LogP contribution in [0.3, 0.4) is 0 Å². The number of urea groups is 1. The largest absolute Gasteiger partial charge is 0.397 e. The molecule has 4 N–H and O–H groups in total. The predicted molar refractivity (Wildman–Crippen MR) is 74.9 cm³/mol. The van der Waals surface area contributed by atoms with Gasteiger partial charge in [0.15, 0.2) is 0 Å². The van der Waals surface area contributed by atoms with Crippen LogP contribution >= 0.6 is 11.6 Å². The Bertz CT molecular complexity index is 557. The van der Waals surface area contributed by atoms with Crippen molar-refractivity contribution in [3.63, 3.8) is 0 Å². The second-order valence-corrected chi connectivity index (χ2v) is 4.11. The first-order chi connectivity index (χ1) is 8.65. The van der Waals surface area contributed by atoms with Gasteiger partial charge < -0.3 is 16.4 Å². The molecule has 0 spiro atoms. The Kier molecular flexibility index (Phi) is 3.69. The third-order valence-electron chi connectivity index (χ3n) is 2.29. The maximum Gasteiger partial charge on any atom is 0.323 e. The molecule has 0 atom stereocenters. The molecule has 18 heavy (non-hydrogen) atoms. The van der Waals surface area contributed by atoms with Gasteiger partial charge in [-0.25, -0.2) is 4.79 Å². The number of carbonyl (C=O) groups excluding carboxylic acids is 1. The summed E-state index contributed by atoms with van der Waals surface area (Å²) in [6.45, 7) is 0. The molecule has 0 aliphatic heterocycles. The van der Waals surface area contributed by atoms with E-state index < -0.39 is 0 Å². The number of carbonyl (C=O) groups is 1. The van der Waals surface area contributed by atoms with E-state index in [-0.39, 0.29) is 6.03 Å². The van der Waals surface area contributed by atoms with Crippen LogP contribution < -0.4 is 16.4 Å². The number of amides is 2. The van der Waals surface area contributed by atoms with Crippen LogP contribution in [0.2, 0.25) is 5.02 Å². The molecule has 0 fully saturated rings. The average Bonchev–Trinajstić information content (AvgIpc) is 2.34. The summed E-state index contributed by atoms with van der Waals surface area (Å²) in [6, 6.07) is 13.7. The number of nitrogens with one attached hydrogen (secondary N) is 2. The summed E-state index contributed by atoms with van der Waals surface area (Å²) in [7, 11) is 0. The summed E-state index contributed by atoms with van der Waals surface area (Å²) in [5.41, 5.74) is 7.39. The van der Waals surface area contributed by atoms with Crippen LogP contribution in [-0.4, -0.2) is 6.03 Å². The maximum absolute atomic E-state index is 11.7. The van der Waals surface area contributed by atoms with Crippen LogP contribution in [0, 0.1) is 0 Å². The topological polar surface area (TPSA) is 67.1 Å². The minimum Gasteiger partial charge on any atom is -0.397 e. The van der Waals surface area contributed by atoms with E-state index in [0.717, 1.165) is 0 Å². The number of hydrogen-bond acceptors (Lipinski definition) is 2. The SMILES string of the molecule is Nc1cc(Cl)ccc1NC(=O)Nc1ccccc1. The van der Waals surface area contributed by atoms with Gasteiger partial charge in [-0.2, -0.15) is 0 Å². The van der Waals surface area contributed by atoms with E-state index in [1.807, 2.05) is 18.2 Å². The number of nitrogen functional groups attached to an aromatic ring is 1. The second kappa shape index (κ2) is 5.42. The van der Waals surface area contributed by atoms with Gasteiger partial charge >= 0.3 is 6.03 Å². The van der Waals surface area contributed by atoms with Crippen molar-refractivity contribution in [3.8, 4) is 0 Å². The molecule has 0 aliphatic rings. The molecule has 92 valence electrons. The van der Waals surface area contributed by atoms with Gasteiger partial charge in [-0.05, 0) is 30.3 Å². The fraction of sp³-hybridized carbons (Fsp3) is 0. The Morgan fingerprint density at radius 1 is 1.06 bits per heavy atom. The summed E-state index contributed by atoms with van der Waals surface area (Å²) >= 11 is 5.77. The molecule has 5 heteroatoms. The third-order valence-corrected chi connectivity index (χ3v) is 2.53. The highest BCUT2D eigenvalue weighted by molar-refractivity contribution is 6.31. The fourth-order valence-electron chi connectivity index (χ4n) is 1.45. The number of benzene rings is 2. The van der Waals surface area contributed by atoms with Gasteiger partial charge in [0.25, 0.3) is 0 Å². The summed E-state index contributed by atoms with van der Waals surface area (Å²) < 4.78 is 0. The highest BCUT2D eigenvalue weighted by Gasteiger charge is 2.05. The van der Waals surface area contributed by atoms with Gasteiger partial charge in [-0.1, -0.05) is 29.8 Å². The van der Waals surface area contributed by atoms with E-state index in [1.54, 1.807) is 30.3 Å². The van der Waals surface area contributed by atoms with Crippen molar-refractivity contribution in [3.05, 3.63) is 53.6 Å². The molecule has 0 aromatic heterocycles. The second-order valence-electron chi connectivity index (χ2n) is 3.68. The summed E-state index contributed by atoms with van der Waals surface area (Å²) in [6.07, 6.45) is 0. The van der Waals surface area contributed by atoms with Crippen molar-refractivity contribution in [2.75, 3.05) is 16.4 Å². The Hall–Kier alpha value is -2.20. The van der Waals surface area contributed by atoms with Gasteiger partial charge in [-0.15, -0.1) is 0 Å². The van der Waals surface area contributed by atoms with E-state index in [9.17, 15) is 4.79 Å². The molecule has 4 nitrogen and oxygen atoms in total. The van der Waals surface area contributed by atoms with Crippen LogP contribution in [-0.2, 0) is 0 Å². The van der Waals surface area contributed by atoms with E-state index >= 15 is 0 Å². The van der Waals surface area contributed by atoms with Crippen LogP contribution in [0.4, 0.5) is 21.9 Å². The van der Waals surface area contributed by atoms with Gasteiger partial charge in [0.05, 0.1) is 11.4 Å². The average molecular weight is 262 g/mol. The Balaban J connectivity index is 2.03. The van der Waals surface area contributed by atoms with Crippen molar-refractivity contribution >= 4 is 34.7 Å². The molecule has 0 heterocycles. The lowest BCUT2D eigenvalue weighted by Gasteiger charge is -2.09. The highest BCUT2D eigenvalue weighted by Crippen LogP contribution is 2.22. The van der Waals surface area contributed by atoms with E-state index in [4.69, 9.17) is 17.3 Å².